The predicted octanol–water partition coefficient (Wildman–Crippen LogP) is -4.05. The number of aliphatic hydroxyl groups is 8. The highest BCUT2D eigenvalue weighted by Crippen LogP contribution is 2.57. The number of carbonyl (C=O) groups is 4. The van der Waals surface area contributed by atoms with Crippen LogP contribution in [-0.2, 0) is 34.9 Å². The first kappa shape index (κ1) is 40.6. The number of rotatable bonds is 10. The first-order valence-corrected chi connectivity index (χ1v) is 16.8. The molecule has 278 valence electrons. The zero-order valence-corrected chi connectivity index (χ0v) is 28.1. The molecule has 0 aromatic heterocycles. The number of aldehydes is 1. The molecule has 3 aliphatic rings. The highest BCUT2D eigenvalue weighted by Gasteiger charge is 2.66. The maximum atomic E-state index is 14.1. The Hall–Kier alpha value is -3.83. The van der Waals surface area contributed by atoms with Gasteiger partial charge in [-0.2, -0.15) is 8.42 Å². The number of phenols is 1. The number of aliphatic hydroxyl groups excluding tert-OH is 6. The van der Waals surface area contributed by atoms with Crippen LogP contribution in [0.2, 0.25) is 0 Å². The first-order chi connectivity index (χ1) is 23.0. The van der Waals surface area contributed by atoms with Gasteiger partial charge in [0.1, 0.15) is 47.4 Å². The van der Waals surface area contributed by atoms with Gasteiger partial charge in [0, 0.05) is 17.4 Å². The van der Waals surface area contributed by atoms with E-state index in [1.54, 1.807) is 0 Å². The number of fused-ring (bicyclic) bond motifs is 3. The van der Waals surface area contributed by atoms with E-state index in [0.29, 0.717) is 6.26 Å². The molecule has 0 saturated heterocycles. The Morgan fingerprint density at radius 3 is 2.20 bits per heavy atom. The van der Waals surface area contributed by atoms with Crippen LogP contribution in [0, 0.1) is 11.8 Å². The number of benzene rings is 1. The number of phenolic OH excluding ortho intramolecular Hbond substituents is 1. The van der Waals surface area contributed by atoms with Crippen LogP contribution in [0.5, 0.6) is 5.75 Å². The van der Waals surface area contributed by atoms with Crippen molar-refractivity contribution in [3.05, 3.63) is 46.2 Å². The molecule has 4 rings (SSSR count). The van der Waals surface area contributed by atoms with Gasteiger partial charge in [0.15, 0.2) is 11.4 Å². The van der Waals surface area contributed by atoms with E-state index in [2.05, 4.69) is 10.6 Å². The fourth-order valence-electron chi connectivity index (χ4n) is 6.62. The molecule has 9 atom stereocenters. The Labute approximate surface area is 285 Å². The summed E-state index contributed by atoms with van der Waals surface area (Å²) in [4.78, 5) is 53.8. The number of hydrogen-bond acceptors (Lipinski definition) is 17. The highest BCUT2D eigenvalue weighted by atomic mass is 32.2. The molecule has 0 heterocycles. The van der Waals surface area contributed by atoms with Crippen LogP contribution in [0.15, 0.2) is 35.1 Å². The van der Waals surface area contributed by atoms with E-state index in [-0.39, 0.29) is 23.8 Å². The van der Waals surface area contributed by atoms with Gasteiger partial charge in [0.05, 0.1) is 42.8 Å². The number of ketones is 2. The third kappa shape index (κ3) is 7.30. The molecule has 1 fully saturated rings. The van der Waals surface area contributed by atoms with Gasteiger partial charge in [-0.3, -0.25) is 29.2 Å². The number of aromatic hydroxyl groups is 1. The molecule has 50 heavy (non-hydrogen) atoms. The van der Waals surface area contributed by atoms with E-state index >= 15 is 0 Å². The Kier molecular flexibility index (Phi) is 12.0. The molecule has 9 unspecified atom stereocenters. The molecule has 12 N–H and O–H groups in total. The summed E-state index contributed by atoms with van der Waals surface area (Å²) in [7, 11) is -0.797. The van der Waals surface area contributed by atoms with Crippen LogP contribution in [0.25, 0.3) is 5.76 Å². The highest BCUT2D eigenvalue weighted by molar-refractivity contribution is 7.85. The van der Waals surface area contributed by atoms with Crippen molar-refractivity contribution in [3.63, 3.8) is 0 Å². The first-order valence-electron chi connectivity index (χ1n) is 14.9. The minimum absolute atomic E-state index is 0.0972. The second-order valence-corrected chi connectivity index (χ2v) is 14.1. The molecule has 0 aliphatic heterocycles. The lowest BCUT2D eigenvalue weighted by molar-refractivity contribution is -0.159. The predicted molar refractivity (Wildman–Crippen MR) is 169 cm³/mol. The van der Waals surface area contributed by atoms with Crippen LogP contribution in [-0.4, -0.2) is 157 Å². The van der Waals surface area contributed by atoms with Gasteiger partial charge in [-0.05, 0) is 39.1 Å². The van der Waals surface area contributed by atoms with Gasteiger partial charge >= 0.3 is 0 Å². The number of nitrogens with zero attached hydrogens (tertiary/aromatic N) is 1. The van der Waals surface area contributed by atoms with Gasteiger partial charge in [0.25, 0.3) is 16.0 Å². The molecular formula is C30H41N3O16S. The van der Waals surface area contributed by atoms with Crippen molar-refractivity contribution in [2.75, 3.05) is 33.6 Å². The number of nitrogens with one attached hydrogen (secondary N) is 2. The summed E-state index contributed by atoms with van der Waals surface area (Å²) in [6, 6.07) is 1.12. The smallest absolute Gasteiger partial charge is 0.261 e. The summed E-state index contributed by atoms with van der Waals surface area (Å²) >= 11 is 0. The molecule has 1 saturated carbocycles. The molecule has 1 aromatic rings. The van der Waals surface area contributed by atoms with Crippen molar-refractivity contribution in [2.24, 2.45) is 11.8 Å². The summed E-state index contributed by atoms with van der Waals surface area (Å²) < 4.78 is 25.9. The molecule has 0 bridgehead atoms. The van der Waals surface area contributed by atoms with Crippen molar-refractivity contribution in [1.29, 1.82) is 0 Å². The van der Waals surface area contributed by atoms with Crippen LogP contribution in [0.1, 0.15) is 24.5 Å². The lowest BCUT2D eigenvalue weighted by Gasteiger charge is -2.53. The van der Waals surface area contributed by atoms with Gasteiger partial charge in [0.2, 0.25) is 5.78 Å². The summed E-state index contributed by atoms with van der Waals surface area (Å²) in [6.07, 6.45) is -5.13. The van der Waals surface area contributed by atoms with E-state index in [1.165, 1.54) is 44.1 Å². The van der Waals surface area contributed by atoms with Gasteiger partial charge in [-0.15, -0.1) is 0 Å². The van der Waals surface area contributed by atoms with Crippen LogP contribution in [0.3, 0.4) is 0 Å². The molecule has 1 aromatic carbocycles. The van der Waals surface area contributed by atoms with Crippen LogP contribution >= 0.6 is 0 Å². The van der Waals surface area contributed by atoms with Crippen molar-refractivity contribution >= 4 is 39.6 Å². The zero-order chi connectivity index (χ0) is 38.3. The second kappa shape index (κ2) is 14.8. The van der Waals surface area contributed by atoms with Crippen LogP contribution in [0.4, 0.5) is 0 Å². The third-order valence-electron chi connectivity index (χ3n) is 9.03. The maximum absolute atomic E-state index is 14.1. The number of carbonyl (C=O) groups excluding carboxylic acids is 4. The van der Waals surface area contributed by atoms with E-state index in [1.807, 2.05) is 0 Å². The summed E-state index contributed by atoms with van der Waals surface area (Å²) in [5.41, 5.74) is -6.50. The fourth-order valence-corrected chi connectivity index (χ4v) is 6.62. The largest absolute Gasteiger partial charge is 0.508 e. The lowest BCUT2D eigenvalue weighted by Crippen LogP contribution is -2.67. The second-order valence-electron chi connectivity index (χ2n) is 12.6. The number of Topliss-reactive ketones (excluding diaryl/α,β-unsaturated/α-hetero) is 2. The van der Waals surface area contributed by atoms with E-state index < -0.39 is 123 Å². The number of hydrogen-bond donors (Lipinski definition) is 12. The van der Waals surface area contributed by atoms with Crippen molar-refractivity contribution in [3.8, 4) is 5.75 Å². The summed E-state index contributed by atoms with van der Waals surface area (Å²) in [6.45, 7) is -0.239. The third-order valence-corrected chi connectivity index (χ3v) is 9.03. The van der Waals surface area contributed by atoms with Gasteiger partial charge in [-0.25, -0.2) is 0 Å². The molecule has 3 aliphatic carbocycles. The molecule has 0 radical (unpaired) electrons. The topological polar surface area (TPSA) is 332 Å². The molecule has 19 nitrogen and oxygen atoms in total. The van der Waals surface area contributed by atoms with E-state index in [4.69, 9.17) is 9.66 Å². The Morgan fingerprint density at radius 1 is 1.10 bits per heavy atom. The Balaban J connectivity index is 0.00000126. The monoisotopic (exact) mass is 731 g/mol. The SMILES string of the molecule is CN(C)C1C(=O)C(C(=O)NCNC(C=O)C(O)C(O)C(O)CO)=C(O)C2(O)C(=O)C3=C(O)c4c(O)cccc4C(C)(O)C3CC12.CS(=O)(=O)O. The minimum atomic E-state index is -3.67. The summed E-state index contributed by atoms with van der Waals surface area (Å²) in [5, 5.41) is 99.5. The van der Waals surface area contributed by atoms with Crippen molar-refractivity contribution < 1.29 is 78.1 Å². The normalized spacial score (nSPS) is 28.8. The lowest BCUT2D eigenvalue weighted by atomic mass is 9.54. The average molecular weight is 732 g/mol. The molecule has 20 heteroatoms. The molecule has 0 spiro atoms. The van der Waals surface area contributed by atoms with E-state index in [9.17, 15) is 68.4 Å². The minimum Gasteiger partial charge on any atom is -0.508 e. The van der Waals surface area contributed by atoms with Crippen molar-refractivity contribution in [1.82, 2.24) is 15.5 Å². The standard InChI is InChI=1S/C29H37N3O13.CH4O3S/c1-28(44)11-5-4-6-15(35)17(11)23(39)18-12(28)7-13-20(32(2)3)24(40)19(26(42)29(13,45)25(18)41)27(43)31-10-30-14(8-33)21(37)22(38)16(36)9-34;1-5(2,3)4/h4-6,8,12-14,16,20-22,30,34-39,42,44-45H,7,9-10H2,1-3H3,(H,31,43);1H3,(H,2,3,4). The fraction of sp³-hybridized carbons (Fsp3) is 0.533. The van der Waals surface area contributed by atoms with E-state index in [0.717, 1.165) is 0 Å². The number of amides is 1. The summed E-state index contributed by atoms with van der Waals surface area (Å²) in [5.74, 6) is -8.72. The van der Waals surface area contributed by atoms with Gasteiger partial charge < -0.3 is 56.1 Å². The Bertz CT molecular complexity index is 1700. The maximum Gasteiger partial charge on any atom is 0.261 e. The molecule has 1 amide bonds. The number of likely N-dealkylation sites (N-methyl/N-ethyl adjacent to an activating group) is 1. The average Bonchev–Trinajstić information content (AvgIpc) is 3.01. The van der Waals surface area contributed by atoms with Gasteiger partial charge in [-0.1, -0.05) is 12.1 Å². The van der Waals surface area contributed by atoms with Crippen molar-refractivity contribution in [2.45, 2.75) is 54.9 Å². The quantitative estimate of drug-likeness (QED) is 0.0471. The zero-order valence-electron chi connectivity index (χ0n) is 27.2. The van der Waals surface area contributed by atoms with Crippen LogP contribution < -0.4 is 10.6 Å². The Morgan fingerprint density at radius 2 is 1.68 bits per heavy atom. The molecular weight excluding hydrogens is 690 g/mol.